The van der Waals surface area contributed by atoms with Crippen molar-refractivity contribution < 1.29 is 14.6 Å². The molecule has 0 amide bonds. The van der Waals surface area contributed by atoms with Gasteiger partial charge in [0.25, 0.3) is 0 Å². The van der Waals surface area contributed by atoms with Crippen LogP contribution in [0.4, 0.5) is 0 Å². The monoisotopic (exact) mass is 368 g/mol. The molecule has 1 heterocycles. The Kier molecular flexibility index (Phi) is 11.2. The topological polar surface area (TPSA) is 38.7 Å². The van der Waals surface area contributed by atoms with E-state index in [-0.39, 0.29) is 18.0 Å². The fourth-order valence-electron chi connectivity index (χ4n) is 4.50. The molecule has 0 unspecified atom stereocenters. The van der Waals surface area contributed by atoms with Crippen molar-refractivity contribution >= 4 is 0 Å². The number of hydrogen-bond donors (Lipinski definition) is 1. The SMILES string of the molecule is CCCCCCCCCCCCCC[C@@H](O)[C@H]1COC2(CCCCC2)O1. The maximum atomic E-state index is 10.4. The van der Waals surface area contributed by atoms with Crippen molar-refractivity contribution in [3.8, 4) is 0 Å². The Morgan fingerprint density at radius 3 is 1.92 bits per heavy atom. The molecule has 2 fully saturated rings. The van der Waals surface area contributed by atoms with Crippen molar-refractivity contribution in [2.45, 2.75) is 140 Å². The highest BCUT2D eigenvalue weighted by molar-refractivity contribution is 4.85. The smallest absolute Gasteiger partial charge is 0.169 e. The van der Waals surface area contributed by atoms with E-state index in [1.807, 2.05) is 0 Å². The van der Waals surface area contributed by atoms with Gasteiger partial charge in [-0.25, -0.2) is 0 Å². The third-order valence-electron chi connectivity index (χ3n) is 6.27. The Balaban J connectivity index is 1.39. The molecule has 2 atom stereocenters. The summed E-state index contributed by atoms with van der Waals surface area (Å²) < 4.78 is 12.1. The summed E-state index contributed by atoms with van der Waals surface area (Å²) in [5.41, 5.74) is 0. The van der Waals surface area contributed by atoms with Gasteiger partial charge in [-0.2, -0.15) is 0 Å². The quantitative estimate of drug-likeness (QED) is 0.355. The summed E-state index contributed by atoms with van der Waals surface area (Å²) in [6.45, 7) is 2.86. The van der Waals surface area contributed by atoms with Gasteiger partial charge in [0.15, 0.2) is 5.79 Å². The molecule has 1 spiro atoms. The Bertz CT molecular complexity index is 338. The zero-order chi connectivity index (χ0) is 18.5. The normalized spacial score (nSPS) is 23.5. The van der Waals surface area contributed by atoms with E-state index in [0.29, 0.717) is 6.61 Å². The summed E-state index contributed by atoms with van der Waals surface area (Å²) in [6, 6.07) is 0. The van der Waals surface area contributed by atoms with Crippen LogP contribution in [0.1, 0.15) is 122 Å². The van der Waals surface area contributed by atoms with Crippen molar-refractivity contribution in [2.24, 2.45) is 0 Å². The lowest BCUT2D eigenvalue weighted by Gasteiger charge is -2.32. The summed E-state index contributed by atoms with van der Waals surface area (Å²) in [4.78, 5) is 0. The average Bonchev–Trinajstić information content (AvgIpc) is 3.06. The molecular formula is C23H44O3. The molecule has 0 bridgehead atoms. The van der Waals surface area contributed by atoms with Crippen LogP contribution in [0.15, 0.2) is 0 Å². The second-order valence-electron chi connectivity index (χ2n) is 8.68. The van der Waals surface area contributed by atoms with Gasteiger partial charge in [-0.1, -0.05) is 90.4 Å². The number of aliphatic hydroxyl groups excluding tert-OH is 1. The minimum Gasteiger partial charge on any atom is -0.390 e. The minimum atomic E-state index is -0.348. The van der Waals surface area contributed by atoms with Gasteiger partial charge in [0, 0.05) is 12.8 Å². The fraction of sp³-hybridized carbons (Fsp3) is 1.00. The molecule has 0 aromatic rings. The van der Waals surface area contributed by atoms with Crippen molar-refractivity contribution in [2.75, 3.05) is 6.61 Å². The van der Waals surface area contributed by atoms with E-state index < -0.39 is 0 Å². The fourth-order valence-corrected chi connectivity index (χ4v) is 4.50. The minimum absolute atomic E-state index is 0.0965. The van der Waals surface area contributed by atoms with Gasteiger partial charge in [-0.15, -0.1) is 0 Å². The van der Waals surface area contributed by atoms with Gasteiger partial charge in [0.1, 0.15) is 6.10 Å². The molecule has 1 saturated heterocycles. The molecule has 0 aromatic heterocycles. The van der Waals surface area contributed by atoms with Gasteiger partial charge in [0.2, 0.25) is 0 Å². The molecule has 0 aromatic carbocycles. The molecule has 1 aliphatic heterocycles. The van der Waals surface area contributed by atoms with Crippen molar-refractivity contribution in [3.05, 3.63) is 0 Å². The Hall–Kier alpha value is -0.120. The maximum Gasteiger partial charge on any atom is 0.169 e. The van der Waals surface area contributed by atoms with Crippen LogP contribution in [0, 0.1) is 0 Å². The summed E-state index contributed by atoms with van der Waals surface area (Å²) in [5, 5.41) is 10.4. The predicted molar refractivity (Wildman–Crippen MR) is 108 cm³/mol. The molecule has 3 nitrogen and oxygen atoms in total. The molecule has 2 rings (SSSR count). The van der Waals surface area contributed by atoms with Gasteiger partial charge >= 0.3 is 0 Å². The van der Waals surface area contributed by atoms with Crippen molar-refractivity contribution in [1.29, 1.82) is 0 Å². The standard InChI is InChI=1S/C23H44O3/c1-2-3-4-5-6-7-8-9-10-11-12-14-17-21(24)22-20-25-23(26-22)18-15-13-16-19-23/h21-22,24H,2-20H2,1H3/t21-,22-/m1/s1. The highest BCUT2D eigenvalue weighted by Crippen LogP contribution is 2.38. The lowest BCUT2D eigenvalue weighted by molar-refractivity contribution is -0.195. The van der Waals surface area contributed by atoms with Gasteiger partial charge in [-0.05, 0) is 19.3 Å². The summed E-state index contributed by atoms with van der Waals surface area (Å²) in [5.74, 6) is -0.347. The second kappa shape index (κ2) is 13.1. The zero-order valence-electron chi connectivity index (χ0n) is 17.4. The molecule has 0 radical (unpaired) electrons. The first kappa shape index (κ1) is 22.2. The van der Waals surface area contributed by atoms with Crippen LogP contribution in [0.2, 0.25) is 0 Å². The Labute approximate surface area is 162 Å². The van der Waals surface area contributed by atoms with Crippen LogP contribution in [0.5, 0.6) is 0 Å². The second-order valence-corrected chi connectivity index (χ2v) is 8.68. The van der Waals surface area contributed by atoms with E-state index in [1.165, 1.54) is 89.9 Å². The Morgan fingerprint density at radius 1 is 0.808 bits per heavy atom. The lowest BCUT2D eigenvalue weighted by Crippen LogP contribution is -2.36. The van der Waals surface area contributed by atoms with E-state index in [4.69, 9.17) is 9.47 Å². The van der Waals surface area contributed by atoms with E-state index in [0.717, 1.165) is 25.7 Å². The molecule has 1 saturated carbocycles. The maximum absolute atomic E-state index is 10.4. The number of ether oxygens (including phenoxy) is 2. The molecule has 26 heavy (non-hydrogen) atoms. The highest BCUT2D eigenvalue weighted by Gasteiger charge is 2.44. The number of unbranched alkanes of at least 4 members (excludes halogenated alkanes) is 11. The van der Waals surface area contributed by atoms with Crippen LogP contribution in [-0.4, -0.2) is 29.7 Å². The van der Waals surface area contributed by atoms with Crippen LogP contribution in [-0.2, 0) is 9.47 Å². The zero-order valence-corrected chi connectivity index (χ0v) is 17.4. The van der Waals surface area contributed by atoms with E-state index >= 15 is 0 Å². The van der Waals surface area contributed by atoms with E-state index in [2.05, 4.69) is 6.92 Å². The van der Waals surface area contributed by atoms with Crippen LogP contribution >= 0.6 is 0 Å². The number of hydrogen-bond acceptors (Lipinski definition) is 3. The lowest BCUT2D eigenvalue weighted by atomic mass is 9.94. The largest absolute Gasteiger partial charge is 0.390 e. The number of rotatable bonds is 14. The molecule has 3 heteroatoms. The van der Waals surface area contributed by atoms with Gasteiger partial charge in [0.05, 0.1) is 12.7 Å². The average molecular weight is 369 g/mol. The molecule has 2 aliphatic rings. The number of aliphatic hydroxyl groups is 1. The summed E-state index contributed by atoms with van der Waals surface area (Å²) >= 11 is 0. The predicted octanol–water partition coefficient (Wildman–Crippen LogP) is 6.51. The van der Waals surface area contributed by atoms with E-state index in [1.54, 1.807) is 0 Å². The Morgan fingerprint density at radius 2 is 1.35 bits per heavy atom. The third-order valence-corrected chi connectivity index (χ3v) is 6.27. The first-order valence-electron chi connectivity index (χ1n) is 11.8. The molecule has 154 valence electrons. The molecule has 1 N–H and O–H groups in total. The molecule has 1 aliphatic carbocycles. The van der Waals surface area contributed by atoms with Crippen LogP contribution < -0.4 is 0 Å². The van der Waals surface area contributed by atoms with E-state index in [9.17, 15) is 5.11 Å². The van der Waals surface area contributed by atoms with Crippen LogP contribution in [0.25, 0.3) is 0 Å². The van der Waals surface area contributed by atoms with Crippen molar-refractivity contribution in [1.82, 2.24) is 0 Å². The molecular weight excluding hydrogens is 324 g/mol. The third kappa shape index (κ3) is 8.27. The summed E-state index contributed by atoms with van der Waals surface area (Å²) in [7, 11) is 0. The first-order valence-corrected chi connectivity index (χ1v) is 11.8. The van der Waals surface area contributed by atoms with Crippen molar-refractivity contribution in [3.63, 3.8) is 0 Å². The highest BCUT2D eigenvalue weighted by atomic mass is 16.7. The van der Waals surface area contributed by atoms with Crippen LogP contribution in [0.3, 0.4) is 0 Å². The first-order chi connectivity index (χ1) is 12.8. The van der Waals surface area contributed by atoms with Gasteiger partial charge in [-0.3, -0.25) is 0 Å². The van der Waals surface area contributed by atoms with Gasteiger partial charge < -0.3 is 14.6 Å². The summed E-state index contributed by atoms with van der Waals surface area (Å²) in [6.07, 6.45) is 22.4.